The third-order valence-corrected chi connectivity index (χ3v) is 3.64. The van der Waals surface area contributed by atoms with Gasteiger partial charge in [-0.05, 0) is 30.3 Å². The van der Waals surface area contributed by atoms with Crippen molar-refractivity contribution in [3.63, 3.8) is 0 Å². The maximum Gasteiger partial charge on any atom is 0.341 e. The number of hydrogen-bond acceptors (Lipinski definition) is 6. The second-order valence-corrected chi connectivity index (χ2v) is 6.01. The molecule has 9 heteroatoms. The van der Waals surface area contributed by atoms with E-state index >= 15 is 0 Å². The first-order valence-corrected chi connectivity index (χ1v) is 8.50. The number of para-hydroxylation sites is 2. The predicted molar refractivity (Wildman–Crippen MR) is 101 cm³/mol. The second-order valence-electron chi connectivity index (χ2n) is 5.10. The largest absolute Gasteiger partial charge is 0.493 e. The number of amides is 1. The molecule has 0 aromatic heterocycles. The number of carboxylic acid groups (broad SMARTS) is 1. The molecule has 27 heavy (non-hydrogen) atoms. The molecule has 1 amide bonds. The van der Waals surface area contributed by atoms with Crippen molar-refractivity contribution in [2.24, 2.45) is 5.10 Å². The lowest BCUT2D eigenvalue weighted by Crippen LogP contribution is -2.24. The van der Waals surface area contributed by atoms with Crippen LogP contribution in [0.25, 0.3) is 0 Å². The van der Waals surface area contributed by atoms with Gasteiger partial charge in [0.2, 0.25) is 0 Å². The highest BCUT2D eigenvalue weighted by molar-refractivity contribution is 9.10. The Morgan fingerprint density at radius 1 is 1.11 bits per heavy atom. The molecule has 0 spiro atoms. The Kier molecular flexibility index (Phi) is 7.63. The summed E-state index contributed by atoms with van der Waals surface area (Å²) in [5.74, 6) is -0.287. The molecule has 2 aromatic carbocycles. The number of hydrogen-bond donors (Lipinski definition) is 2. The third kappa shape index (κ3) is 6.63. The predicted octanol–water partition coefficient (Wildman–Crippen LogP) is 2.45. The Morgan fingerprint density at radius 2 is 1.81 bits per heavy atom. The second kappa shape index (κ2) is 10.2. The molecule has 0 heterocycles. The quantitative estimate of drug-likeness (QED) is 0.461. The Hall–Kier alpha value is -3.07. The lowest BCUT2D eigenvalue weighted by atomic mass is 10.2. The summed E-state index contributed by atoms with van der Waals surface area (Å²) in [4.78, 5) is 22.5. The molecule has 0 aliphatic rings. The van der Waals surface area contributed by atoms with Gasteiger partial charge in [0, 0.05) is 10.0 Å². The number of nitrogens with zero attached hydrogens (tertiary/aromatic N) is 1. The van der Waals surface area contributed by atoms with Crippen molar-refractivity contribution >= 4 is 34.0 Å². The molecule has 0 saturated carbocycles. The van der Waals surface area contributed by atoms with Crippen molar-refractivity contribution in [2.75, 3.05) is 20.3 Å². The number of carbonyl (C=O) groups excluding carboxylic acids is 1. The Morgan fingerprint density at radius 3 is 2.52 bits per heavy atom. The van der Waals surface area contributed by atoms with E-state index in [0.29, 0.717) is 22.8 Å². The summed E-state index contributed by atoms with van der Waals surface area (Å²) in [6.07, 6.45) is 1.35. The number of ether oxygens (including phenoxy) is 3. The van der Waals surface area contributed by atoms with Gasteiger partial charge in [0.15, 0.2) is 24.7 Å². The van der Waals surface area contributed by atoms with E-state index < -0.39 is 18.5 Å². The van der Waals surface area contributed by atoms with Crippen LogP contribution >= 0.6 is 15.9 Å². The van der Waals surface area contributed by atoms with Crippen LogP contribution in [-0.2, 0) is 9.59 Å². The summed E-state index contributed by atoms with van der Waals surface area (Å²) in [5.41, 5.74) is 2.82. The molecule has 0 bridgehead atoms. The fourth-order valence-electron chi connectivity index (χ4n) is 1.98. The Bertz CT molecular complexity index is 840. The molecule has 0 unspecified atom stereocenters. The van der Waals surface area contributed by atoms with E-state index in [1.165, 1.54) is 13.3 Å². The van der Waals surface area contributed by atoms with Crippen molar-refractivity contribution in [1.82, 2.24) is 5.43 Å². The number of carboxylic acids is 1. The van der Waals surface area contributed by atoms with Crippen molar-refractivity contribution in [2.45, 2.75) is 0 Å². The summed E-state index contributed by atoms with van der Waals surface area (Å²) in [5, 5.41) is 12.6. The first kappa shape index (κ1) is 20.2. The van der Waals surface area contributed by atoms with Gasteiger partial charge in [0.05, 0.1) is 13.3 Å². The number of hydrazone groups is 1. The third-order valence-electron chi connectivity index (χ3n) is 3.14. The summed E-state index contributed by atoms with van der Waals surface area (Å²) < 4.78 is 16.5. The van der Waals surface area contributed by atoms with Crippen LogP contribution < -0.4 is 19.6 Å². The number of methoxy groups -OCH3 is 1. The van der Waals surface area contributed by atoms with E-state index in [0.717, 1.165) is 4.47 Å². The SMILES string of the molecule is COc1ccccc1OCC(=O)NN=Cc1cc(Br)ccc1OCC(=O)O. The van der Waals surface area contributed by atoms with Gasteiger partial charge in [-0.25, -0.2) is 10.2 Å². The molecule has 0 fully saturated rings. The molecule has 0 radical (unpaired) electrons. The van der Waals surface area contributed by atoms with E-state index in [4.69, 9.17) is 19.3 Å². The van der Waals surface area contributed by atoms with Crippen LogP contribution in [0, 0.1) is 0 Å². The van der Waals surface area contributed by atoms with Gasteiger partial charge in [-0.15, -0.1) is 0 Å². The summed E-state index contributed by atoms with van der Waals surface area (Å²) in [7, 11) is 1.51. The van der Waals surface area contributed by atoms with Crippen LogP contribution in [-0.4, -0.2) is 43.5 Å². The highest BCUT2D eigenvalue weighted by Gasteiger charge is 2.07. The molecule has 0 saturated heterocycles. The monoisotopic (exact) mass is 436 g/mol. The standard InChI is InChI=1S/C18H17BrN2O6/c1-25-15-4-2-3-5-16(15)26-10-17(22)21-20-9-12-8-13(19)6-7-14(12)27-11-18(23)24/h2-9H,10-11H2,1H3,(H,21,22)(H,23,24). The number of benzene rings is 2. The van der Waals surface area contributed by atoms with Crippen molar-refractivity contribution in [3.8, 4) is 17.2 Å². The maximum atomic E-state index is 11.9. The van der Waals surface area contributed by atoms with Gasteiger partial charge in [-0.2, -0.15) is 5.10 Å². The minimum Gasteiger partial charge on any atom is -0.493 e. The van der Waals surface area contributed by atoms with E-state index in [1.54, 1.807) is 42.5 Å². The van der Waals surface area contributed by atoms with E-state index in [9.17, 15) is 9.59 Å². The van der Waals surface area contributed by atoms with Crippen LogP contribution in [0.15, 0.2) is 52.0 Å². The lowest BCUT2D eigenvalue weighted by molar-refractivity contribution is -0.139. The molecule has 2 rings (SSSR count). The van der Waals surface area contributed by atoms with Gasteiger partial charge in [-0.3, -0.25) is 4.79 Å². The molecular formula is C18H17BrN2O6. The molecule has 0 atom stereocenters. The number of halogens is 1. The molecule has 8 nitrogen and oxygen atoms in total. The zero-order valence-electron chi connectivity index (χ0n) is 14.3. The minimum absolute atomic E-state index is 0.251. The molecule has 142 valence electrons. The van der Waals surface area contributed by atoms with E-state index in [2.05, 4.69) is 26.5 Å². The van der Waals surface area contributed by atoms with Gasteiger partial charge in [-0.1, -0.05) is 28.1 Å². The average Bonchev–Trinajstić information content (AvgIpc) is 2.65. The fraction of sp³-hybridized carbons (Fsp3) is 0.167. The van der Waals surface area contributed by atoms with Crippen LogP contribution in [0.2, 0.25) is 0 Å². The molecule has 2 aromatic rings. The summed E-state index contributed by atoms with van der Waals surface area (Å²) in [6.45, 7) is -0.736. The topological polar surface area (TPSA) is 106 Å². The highest BCUT2D eigenvalue weighted by Crippen LogP contribution is 2.25. The minimum atomic E-state index is -1.09. The highest BCUT2D eigenvalue weighted by atomic mass is 79.9. The van der Waals surface area contributed by atoms with Gasteiger partial charge >= 0.3 is 5.97 Å². The molecular weight excluding hydrogens is 420 g/mol. The normalized spacial score (nSPS) is 10.4. The average molecular weight is 437 g/mol. The first-order chi connectivity index (χ1) is 13.0. The lowest BCUT2D eigenvalue weighted by Gasteiger charge is -2.09. The smallest absolute Gasteiger partial charge is 0.341 e. The number of aliphatic carboxylic acids is 1. The molecule has 0 aliphatic carbocycles. The first-order valence-electron chi connectivity index (χ1n) is 7.71. The van der Waals surface area contributed by atoms with Gasteiger partial charge in [0.1, 0.15) is 5.75 Å². The summed E-state index contributed by atoms with van der Waals surface area (Å²) in [6, 6.07) is 11.9. The fourth-order valence-corrected chi connectivity index (χ4v) is 2.36. The zero-order valence-corrected chi connectivity index (χ0v) is 15.9. The Balaban J connectivity index is 1.93. The van der Waals surface area contributed by atoms with Crippen molar-refractivity contribution in [3.05, 3.63) is 52.5 Å². The molecule has 2 N–H and O–H groups in total. The Labute approximate surface area is 163 Å². The van der Waals surface area contributed by atoms with E-state index in [-0.39, 0.29) is 6.61 Å². The summed E-state index contributed by atoms with van der Waals surface area (Å²) >= 11 is 3.31. The van der Waals surface area contributed by atoms with Crippen molar-refractivity contribution < 1.29 is 28.9 Å². The van der Waals surface area contributed by atoms with Crippen molar-refractivity contribution in [1.29, 1.82) is 0 Å². The van der Waals surface area contributed by atoms with Crippen LogP contribution in [0.3, 0.4) is 0 Å². The van der Waals surface area contributed by atoms with Gasteiger partial charge in [0.25, 0.3) is 5.91 Å². The van der Waals surface area contributed by atoms with Crippen LogP contribution in [0.1, 0.15) is 5.56 Å². The number of carbonyl (C=O) groups is 2. The number of rotatable bonds is 9. The maximum absolute atomic E-state index is 11.9. The number of nitrogens with one attached hydrogen (secondary N) is 1. The molecule has 0 aliphatic heterocycles. The van der Waals surface area contributed by atoms with E-state index in [1.807, 2.05) is 0 Å². The van der Waals surface area contributed by atoms with Crippen LogP contribution in [0.4, 0.5) is 0 Å². The zero-order chi connectivity index (χ0) is 19.6. The van der Waals surface area contributed by atoms with Gasteiger partial charge < -0.3 is 19.3 Å². The van der Waals surface area contributed by atoms with Crippen LogP contribution in [0.5, 0.6) is 17.2 Å².